The van der Waals surface area contributed by atoms with Crippen molar-refractivity contribution >= 4 is 11.9 Å². The molecule has 19 heavy (non-hydrogen) atoms. The molecule has 0 aromatic heterocycles. The number of unbranched alkanes of at least 4 members (excludes halogenated alkanes) is 2. The summed E-state index contributed by atoms with van der Waals surface area (Å²) in [6.45, 7) is 2.96. The number of esters is 2. The van der Waals surface area contributed by atoms with Crippen LogP contribution >= 0.6 is 0 Å². The minimum Gasteiger partial charge on any atom is -0.463 e. The van der Waals surface area contributed by atoms with Crippen molar-refractivity contribution in [3.8, 4) is 0 Å². The van der Waals surface area contributed by atoms with Crippen LogP contribution in [0.2, 0.25) is 0 Å². The highest BCUT2D eigenvalue weighted by molar-refractivity contribution is 5.91. The molecule has 0 N–H and O–H groups in total. The van der Waals surface area contributed by atoms with E-state index in [1.54, 1.807) is 0 Å². The molecule has 0 atom stereocenters. The van der Waals surface area contributed by atoms with E-state index in [2.05, 4.69) is 6.92 Å². The minimum atomic E-state index is -0.478. The molecule has 1 aliphatic rings. The summed E-state index contributed by atoms with van der Waals surface area (Å²) in [7, 11) is 0. The molecule has 0 amide bonds. The molecule has 0 unspecified atom stereocenters. The van der Waals surface area contributed by atoms with E-state index in [1.807, 2.05) is 0 Å². The molecule has 4 heteroatoms. The van der Waals surface area contributed by atoms with Crippen molar-refractivity contribution in [2.24, 2.45) is 5.92 Å². The lowest BCUT2D eigenvalue weighted by Gasteiger charge is -2.07. The molecule has 0 heterocycles. The van der Waals surface area contributed by atoms with Gasteiger partial charge in [0.1, 0.15) is 0 Å². The summed E-state index contributed by atoms with van der Waals surface area (Å²) in [5, 5.41) is 0. The van der Waals surface area contributed by atoms with Crippen molar-refractivity contribution < 1.29 is 19.1 Å². The van der Waals surface area contributed by atoms with Crippen molar-refractivity contribution in [2.75, 3.05) is 13.2 Å². The van der Waals surface area contributed by atoms with Crippen LogP contribution < -0.4 is 0 Å². The van der Waals surface area contributed by atoms with E-state index in [0.717, 1.165) is 44.3 Å². The van der Waals surface area contributed by atoms with E-state index in [-0.39, 0.29) is 0 Å². The van der Waals surface area contributed by atoms with Crippen LogP contribution in [0.1, 0.15) is 51.9 Å². The topological polar surface area (TPSA) is 52.6 Å². The summed E-state index contributed by atoms with van der Waals surface area (Å²) in [6.07, 6.45) is 10.0. The standard InChI is InChI=1S/C15H24O4/c1-2-3-6-11-18-14(16)9-10-15(17)19-12-13-7-4-5-8-13/h9-10,13H,2-8,11-12H2,1H3/b10-9+. The Morgan fingerprint density at radius 2 is 1.68 bits per heavy atom. The fraction of sp³-hybridized carbons (Fsp3) is 0.733. The molecule has 1 saturated carbocycles. The summed E-state index contributed by atoms with van der Waals surface area (Å²) in [4.78, 5) is 22.6. The second kappa shape index (κ2) is 9.59. The molecule has 0 saturated heterocycles. The lowest BCUT2D eigenvalue weighted by molar-refractivity contribution is -0.141. The zero-order valence-electron chi connectivity index (χ0n) is 11.7. The molecule has 1 rings (SSSR count). The maximum absolute atomic E-state index is 11.4. The first-order valence-electron chi connectivity index (χ1n) is 7.24. The van der Waals surface area contributed by atoms with Gasteiger partial charge in [-0.05, 0) is 25.2 Å². The van der Waals surface area contributed by atoms with Gasteiger partial charge >= 0.3 is 11.9 Å². The van der Waals surface area contributed by atoms with E-state index >= 15 is 0 Å². The Balaban J connectivity index is 2.08. The Bertz CT molecular complexity index is 303. The van der Waals surface area contributed by atoms with Crippen LogP contribution in [0.15, 0.2) is 12.2 Å². The molecule has 0 aromatic carbocycles. The molecule has 1 aliphatic carbocycles. The van der Waals surface area contributed by atoms with Crippen LogP contribution in [0.5, 0.6) is 0 Å². The quantitative estimate of drug-likeness (QED) is 0.386. The molecule has 0 bridgehead atoms. The summed E-state index contributed by atoms with van der Waals surface area (Å²) < 4.78 is 10.0. The molecular formula is C15H24O4. The lowest BCUT2D eigenvalue weighted by Crippen LogP contribution is -2.10. The molecule has 0 aromatic rings. The Morgan fingerprint density at radius 1 is 1.05 bits per heavy atom. The van der Waals surface area contributed by atoms with Crippen molar-refractivity contribution in [3.05, 3.63) is 12.2 Å². The van der Waals surface area contributed by atoms with Crippen LogP contribution in [0, 0.1) is 5.92 Å². The van der Waals surface area contributed by atoms with Gasteiger partial charge in [0, 0.05) is 12.2 Å². The first-order chi connectivity index (χ1) is 9.22. The van der Waals surface area contributed by atoms with Gasteiger partial charge in [0.25, 0.3) is 0 Å². The zero-order chi connectivity index (χ0) is 13.9. The average molecular weight is 268 g/mol. The largest absolute Gasteiger partial charge is 0.463 e. The third-order valence-electron chi connectivity index (χ3n) is 3.28. The fourth-order valence-electron chi connectivity index (χ4n) is 2.13. The van der Waals surface area contributed by atoms with Gasteiger partial charge in [-0.15, -0.1) is 0 Å². The highest BCUT2D eigenvalue weighted by Crippen LogP contribution is 2.24. The van der Waals surface area contributed by atoms with Gasteiger partial charge in [-0.2, -0.15) is 0 Å². The monoisotopic (exact) mass is 268 g/mol. The molecule has 0 aliphatic heterocycles. The van der Waals surface area contributed by atoms with Gasteiger partial charge in [0.15, 0.2) is 0 Å². The Kier molecular flexibility index (Phi) is 7.94. The van der Waals surface area contributed by atoms with E-state index < -0.39 is 11.9 Å². The third-order valence-corrected chi connectivity index (χ3v) is 3.28. The van der Waals surface area contributed by atoms with E-state index in [1.165, 1.54) is 12.8 Å². The highest BCUT2D eigenvalue weighted by Gasteiger charge is 2.16. The lowest BCUT2D eigenvalue weighted by atomic mass is 10.1. The van der Waals surface area contributed by atoms with Crippen molar-refractivity contribution in [1.82, 2.24) is 0 Å². The van der Waals surface area contributed by atoms with Gasteiger partial charge in [-0.1, -0.05) is 32.6 Å². The van der Waals surface area contributed by atoms with Gasteiger partial charge in [-0.25, -0.2) is 9.59 Å². The summed E-state index contributed by atoms with van der Waals surface area (Å²) in [5.41, 5.74) is 0. The van der Waals surface area contributed by atoms with Crippen molar-refractivity contribution in [1.29, 1.82) is 0 Å². The van der Waals surface area contributed by atoms with E-state index in [9.17, 15) is 9.59 Å². The third kappa shape index (κ3) is 7.65. The van der Waals surface area contributed by atoms with Crippen LogP contribution in [0.3, 0.4) is 0 Å². The Hall–Kier alpha value is -1.32. The molecule has 0 spiro atoms. The highest BCUT2D eigenvalue weighted by atomic mass is 16.5. The van der Waals surface area contributed by atoms with Gasteiger partial charge in [0.05, 0.1) is 13.2 Å². The van der Waals surface area contributed by atoms with Crippen LogP contribution in [-0.4, -0.2) is 25.2 Å². The minimum absolute atomic E-state index is 0.411. The number of hydrogen-bond donors (Lipinski definition) is 0. The van der Waals surface area contributed by atoms with Gasteiger partial charge in [-0.3, -0.25) is 0 Å². The second-order valence-electron chi connectivity index (χ2n) is 4.99. The Labute approximate surface area is 115 Å². The predicted molar refractivity (Wildman–Crippen MR) is 72.5 cm³/mol. The van der Waals surface area contributed by atoms with Crippen molar-refractivity contribution in [3.63, 3.8) is 0 Å². The molecule has 1 fully saturated rings. The van der Waals surface area contributed by atoms with Gasteiger partial charge < -0.3 is 9.47 Å². The molecule has 108 valence electrons. The predicted octanol–water partition coefficient (Wildman–Crippen LogP) is 3.01. The van der Waals surface area contributed by atoms with E-state index in [0.29, 0.717) is 19.1 Å². The normalized spacial score (nSPS) is 15.8. The van der Waals surface area contributed by atoms with Crippen LogP contribution in [0.25, 0.3) is 0 Å². The SMILES string of the molecule is CCCCCOC(=O)/C=C/C(=O)OCC1CCCC1. The van der Waals surface area contributed by atoms with Crippen LogP contribution in [0.4, 0.5) is 0 Å². The first-order valence-corrected chi connectivity index (χ1v) is 7.24. The second-order valence-corrected chi connectivity index (χ2v) is 4.99. The van der Waals surface area contributed by atoms with Crippen LogP contribution in [-0.2, 0) is 19.1 Å². The maximum Gasteiger partial charge on any atom is 0.331 e. The number of carbonyl (C=O) groups is 2. The number of carbonyl (C=O) groups excluding carboxylic acids is 2. The summed E-state index contributed by atoms with van der Waals surface area (Å²) in [6, 6.07) is 0. The zero-order valence-corrected chi connectivity index (χ0v) is 11.7. The number of rotatable bonds is 8. The number of ether oxygens (including phenoxy) is 2. The molecular weight excluding hydrogens is 244 g/mol. The molecule has 0 radical (unpaired) electrons. The van der Waals surface area contributed by atoms with E-state index in [4.69, 9.17) is 9.47 Å². The van der Waals surface area contributed by atoms with Gasteiger partial charge in [0.2, 0.25) is 0 Å². The smallest absolute Gasteiger partial charge is 0.331 e. The number of hydrogen-bond acceptors (Lipinski definition) is 4. The molecule has 4 nitrogen and oxygen atoms in total. The average Bonchev–Trinajstić information content (AvgIpc) is 2.92. The summed E-state index contributed by atoms with van der Waals surface area (Å²) in [5.74, 6) is -0.440. The maximum atomic E-state index is 11.4. The first kappa shape index (κ1) is 15.7. The Morgan fingerprint density at radius 3 is 2.32 bits per heavy atom. The fourth-order valence-corrected chi connectivity index (χ4v) is 2.13. The van der Waals surface area contributed by atoms with Crippen molar-refractivity contribution in [2.45, 2.75) is 51.9 Å². The summed E-state index contributed by atoms with van der Waals surface area (Å²) >= 11 is 0.